The van der Waals surface area contributed by atoms with Gasteiger partial charge in [-0.1, -0.05) is 50.2 Å². The van der Waals surface area contributed by atoms with Gasteiger partial charge < -0.3 is 5.43 Å². The van der Waals surface area contributed by atoms with Gasteiger partial charge in [0.15, 0.2) is 0 Å². The first-order valence-electron chi connectivity index (χ1n) is 6.91. The number of hydrogen-bond donors (Lipinski definition) is 2. The van der Waals surface area contributed by atoms with Crippen LogP contribution >= 0.6 is 11.8 Å². The lowest BCUT2D eigenvalue weighted by Crippen LogP contribution is -2.20. The van der Waals surface area contributed by atoms with Crippen LogP contribution in [-0.2, 0) is 5.41 Å². The van der Waals surface area contributed by atoms with E-state index in [4.69, 9.17) is 10.8 Å². The molecule has 2 rings (SSSR count). The number of nitrogens with one attached hydrogen (secondary N) is 1. The van der Waals surface area contributed by atoms with Gasteiger partial charge in [-0.2, -0.15) is 0 Å². The fraction of sp³-hybridized carbons (Fsp3) is 0.375. The van der Waals surface area contributed by atoms with Crippen LogP contribution < -0.4 is 11.3 Å². The van der Waals surface area contributed by atoms with E-state index in [2.05, 4.69) is 62.4 Å². The molecule has 0 aliphatic heterocycles. The quantitative estimate of drug-likeness (QED) is 0.512. The summed E-state index contributed by atoms with van der Waals surface area (Å²) >= 11 is 1.64. The summed E-state index contributed by atoms with van der Waals surface area (Å²) in [7, 11) is 0. The van der Waals surface area contributed by atoms with E-state index in [0.29, 0.717) is 5.82 Å². The Kier molecular flexibility index (Phi) is 4.54. The third-order valence-electron chi connectivity index (χ3n) is 3.11. The minimum absolute atomic E-state index is 0.124. The van der Waals surface area contributed by atoms with Crippen molar-refractivity contribution in [3.8, 4) is 0 Å². The molecule has 0 fully saturated rings. The molecule has 21 heavy (non-hydrogen) atoms. The van der Waals surface area contributed by atoms with E-state index in [1.165, 1.54) is 10.5 Å². The first-order chi connectivity index (χ1) is 9.81. The van der Waals surface area contributed by atoms with Gasteiger partial charge in [0.2, 0.25) is 0 Å². The van der Waals surface area contributed by atoms with Crippen LogP contribution in [0.15, 0.2) is 34.2 Å². The van der Waals surface area contributed by atoms with E-state index in [-0.39, 0.29) is 5.41 Å². The smallest absolute Gasteiger partial charge is 0.147 e. The zero-order valence-electron chi connectivity index (χ0n) is 13.2. The number of aromatic nitrogens is 2. The number of nitrogens with two attached hydrogens (primary N) is 1. The molecule has 1 aromatic carbocycles. The Morgan fingerprint density at radius 2 is 1.86 bits per heavy atom. The van der Waals surface area contributed by atoms with Crippen LogP contribution in [0, 0.1) is 13.8 Å². The molecule has 0 saturated carbocycles. The summed E-state index contributed by atoms with van der Waals surface area (Å²) in [6, 6.07) is 8.38. The molecule has 5 heteroatoms. The zero-order valence-corrected chi connectivity index (χ0v) is 14.0. The lowest BCUT2D eigenvalue weighted by atomic mass is 9.95. The second-order valence-electron chi connectivity index (χ2n) is 6.14. The summed E-state index contributed by atoms with van der Waals surface area (Å²) in [5.74, 6) is 7.07. The Balaban J connectivity index is 2.47. The number of benzene rings is 1. The molecule has 0 saturated heterocycles. The Hall–Kier alpha value is -1.59. The van der Waals surface area contributed by atoms with Gasteiger partial charge in [0.05, 0.1) is 0 Å². The predicted molar refractivity (Wildman–Crippen MR) is 88.6 cm³/mol. The Bertz CT molecular complexity index is 647. The van der Waals surface area contributed by atoms with Crippen LogP contribution in [0.5, 0.6) is 0 Å². The summed E-state index contributed by atoms with van der Waals surface area (Å²) in [5, 5.41) is 0.938. The molecule has 0 unspecified atom stereocenters. The number of rotatable bonds is 3. The normalized spacial score (nSPS) is 11.5. The third kappa shape index (κ3) is 3.74. The SMILES string of the molecule is Cc1cccc(Sc2nc(C(C)(C)C)nc(NN)c2C)c1. The van der Waals surface area contributed by atoms with Gasteiger partial charge in [0, 0.05) is 15.9 Å². The van der Waals surface area contributed by atoms with E-state index in [9.17, 15) is 0 Å². The molecule has 4 nitrogen and oxygen atoms in total. The lowest BCUT2D eigenvalue weighted by molar-refractivity contribution is 0.538. The molecular weight excluding hydrogens is 280 g/mol. The van der Waals surface area contributed by atoms with Crippen LogP contribution in [-0.4, -0.2) is 9.97 Å². The van der Waals surface area contributed by atoms with Gasteiger partial charge in [-0.05, 0) is 26.0 Å². The van der Waals surface area contributed by atoms with Gasteiger partial charge in [0.25, 0.3) is 0 Å². The van der Waals surface area contributed by atoms with Crippen molar-refractivity contribution in [2.24, 2.45) is 5.84 Å². The number of nitrogens with zero attached hydrogens (tertiary/aromatic N) is 2. The number of aryl methyl sites for hydroxylation is 1. The molecule has 112 valence electrons. The van der Waals surface area contributed by atoms with Gasteiger partial charge in [-0.25, -0.2) is 15.8 Å². The summed E-state index contributed by atoms with van der Waals surface area (Å²) in [4.78, 5) is 10.4. The molecule has 1 heterocycles. The Labute approximate surface area is 130 Å². The molecule has 0 amide bonds. The van der Waals surface area contributed by atoms with Crippen LogP contribution in [0.4, 0.5) is 5.82 Å². The maximum absolute atomic E-state index is 5.60. The standard InChI is InChI=1S/C16H22N4S/c1-10-7-6-8-12(9-10)21-14-11(2)13(20-17)18-15(19-14)16(3,4)5/h6-9H,17H2,1-5H3,(H,18,19,20). The molecule has 0 aliphatic rings. The maximum Gasteiger partial charge on any atom is 0.147 e. The molecular formula is C16H22N4S. The van der Waals surface area contributed by atoms with Crippen LogP contribution in [0.3, 0.4) is 0 Å². The van der Waals surface area contributed by atoms with E-state index >= 15 is 0 Å². The minimum Gasteiger partial charge on any atom is -0.308 e. The summed E-state index contributed by atoms with van der Waals surface area (Å²) in [5.41, 5.74) is 4.76. The average Bonchev–Trinajstić information content (AvgIpc) is 2.40. The number of hydrogen-bond acceptors (Lipinski definition) is 5. The summed E-state index contributed by atoms with van der Waals surface area (Å²) in [6.07, 6.45) is 0. The van der Waals surface area contributed by atoms with Gasteiger partial charge in [-0.3, -0.25) is 0 Å². The fourth-order valence-electron chi connectivity index (χ4n) is 1.86. The first-order valence-corrected chi connectivity index (χ1v) is 7.73. The van der Waals surface area contributed by atoms with Crippen molar-refractivity contribution in [3.05, 3.63) is 41.2 Å². The van der Waals surface area contributed by atoms with Crippen molar-refractivity contribution in [2.75, 3.05) is 5.43 Å². The maximum atomic E-state index is 5.60. The Morgan fingerprint density at radius 1 is 1.14 bits per heavy atom. The van der Waals surface area contributed by atoms with Crippen molar-refractivity contribution in [1.82, 2.24) is 9.97 Å². The largest absolute Gasteiger partial charge is 0.308 e. The number of anilines is 1. The van der Waals surface area contributed by atoms with Gasteiger partial charge in [-0.15, -0.1) is 0 Å². The molecule has 0 atom stereocenters. The third-order valence-corrected chi connectivity index (χ3v) is 4.19. The van der Waals surface area contributed by atoms with Crippen molar-refractivity contribution in [1.29, 1.82) is 0 Å². The van der Waals surface area contributed by atoms with Crippen molar-refractivity contribution in [3.63, 3.8) is 0 Å². The monoisotopic (exact) mass is 302 g/mol. The number of nitrogen functional groups attached to an aromatic ring is 1. The minimum atomic E-state index is -0.124. The van der Waals surface area contributed by atoms with E-state index < -0.39 is 0 Å². The predicted octanol–water partition coefficient (Wildman–Crippen LogP) is 3.83. The molecule has 0 spiro atoms. The lowest BCUT2D eigenvalue weighted by Gasteiger charge is -2.20. The van der Waals surface area contributed by atoms with E-state index in [0.717, 1.165) is 16.4 Å². The number of hydrazine groups is 1. The highest BCUT2D eigenvalue weighted by Crippen LogP contribution is 2.33. The van der Waals surface area contributed by atoms with E-state index in [1.54, 1.807) is 11.8 Å². The fourth-order valence-corrected chi connectivity index (χ4v) is 2.86. The van der Waals surface area contributed by atoms with Crippen LogP contribution in [0.25, 0.3) is 0 Å². The van der Waals surface area contributed by atoms with Crippen molar-refractivity contribution >= 4 is 17.6 Å². The zero-order chi connectivity index (χ0) is 15.6. The van der Waals surface area contributed by atoms with Crippen molar-refractivity contribution in [2.45, 2.75) is 50.0 Å². The second kappa shape index (κ2) is 6.03. The highest BCUT2D eigenvalue weighted by Gasteiger charge is 2.21. The van der Waals surface area contributed by atoms with Gasteiger partial charge >= 0.3 is 0 Å². The molecule has 0 radical (unpaired) electrons. The second-order valence-corrected chi connectivity index (χ2v) is 7.20. The molecule has 1 aromatic heterocycles. The average molecular weight is 302 g/mol. The summed E-state index contributed by atoms with van der Waals surface area (Å²) in [6.45, 7) is 10.4. The molecule has 0 aliphatic carbocycles. The Morgan fingerprint density at radius 3 is 2.43 bits per heavy atom. The topological polar surface area (TPSA) is 63.8 Å². The molecule has 0 bridgehead atoms. The van der Waals surface area contributed by atoms with Gasteiger partial charge in [0.1, 0.15) is 16.7 Å². The molecule has 3 N–H and O–H groups in total. The highest BCUT2D eigenvalue weighted by molar-refractivity contribution is 7.99. The first kappa shape index (κ1) is 15.8. The van der Waals surface area contributed by atoms with Crippen molar-refractivity contribution < 1.29 is 0 Å². The molecule has 2 aromatic rings. The highest BCUT2D eigenvalue weighted by atomic mass is 32.2. The van der Waals surface area contributed by atoms with Crippen LogP contribution in [0.2, 0.25) is 0 Å². The van der Waals surface area contributed by atoms with E-state index in [1.807, 2.05) is 6.92 Å². The summed E-state index contributed by atoms with van der Waals surface area (Å²) < 4.78 is 0. The van der Waals surface area contributed by atoms with Crippen LogP contribution in [0.1, 0.15) is 37.7 Å².